The molecule has 0 aromatic carbocycles. The largest absolute Gasteiger partial charge is 0.379 e. The molecule has 2 N–H and O–H groups in total. The van der Waals surface area contributed by atoms with Gasteiger partial charge in [-0.3, -0.25) is 9.89 Å². The highest BCUT2D eigenvalue weighted by Crippen LogP contribution is 2.10. The van der Waals surface area contributed by atoms with Gasteiger partial charge in [0.1, 0.15) is 9.84 Å². The van der Waals surface area contributed by atoms with Crippen LogP contribution in [0.1, 0.15) is 27.2 Å². The topological polar surface area (TPSA) is 83.0 Å². The maximum absolute atomic E-state index is 11.2. The van der Waals surface area contributed by atoms with Gasteiger partial charge in [0.25, 0.3) is 0 Å². The number of aliphatic imine (C=N–C) groups is 1. The van der Waals surface area contributed by atoms with Gasteiger partial charge in [0.05, 0.1) is 19.0 Å². The van der Waals surface area contributed by atoms with E-state index in [-0.39, 0.29) is 11.8 Å². The van der Waals surface area contributed by atoms with E-state index in [2.05, 4.69) is 34.4 Å². The predicted molar refractivity (Wildman–Crippen MR) is 94.7 cm³/mol. The van der Waals surface area contributed by atoms with Crippen molar-refractivity contribution < 1.29 is 13.2 Å². The number of rotatable bonds is 7. The van der Waals surface area contributed by atoms with Crippen LogP contribution in [0, 0.1) is 0 Å². The second-order valence-corrected chi connectivity index (χ2v) is 8.69. The lowest BCUT2D eigenvalue weighted by Gasteiger charge is -2.38. The molecule has 136 valence electrons. The van der Waals surface area contributed by atoms with Crippen LogP contribution in [0.5, 0.6) is 0 Å². The lowest BCUT2D eigenvalue weighted by molar-refractivity contribution is -0.0174. The Kier molecular flexibility index (Phi) is 8.28. The summed E-state index contributed by atoms with van der Waals surface area (Å²) in [6, 6.07) is 0.844. The molecule has 1 aliphatic heterocycles. The Balaban J connectivity index is 2.38. The van der Waals surface area contributed by atoms with E-state index in [1.54, 1.807) is 7.05 Å². The summed E-state index contributed by atoms with van der Waals surface area (Å²) in [6.45, 7) is 9.62. The molecule has 0 amide bonds. The van der Waals surface area contributed by atoms with E-state index in [4.69, 9.17) is 4.74 Å². The van der Waals surface area contributed by atoms with Crippen molar-refractivity contribution in [1.82, 2.24) is 15.5 Å². The molecule has 0 aromatic heterocycles. The molecule has 1 heterocycles. The first-order valence-corrected chi connectivity index (χ1v) is 10.3. The Hall–Kier alpha value is -0.860. The normalized spacial score (nSPS) is 23.3. The highest BCUT2D eigenvalue weighted by Gasteiger charge is 2.23. The molecule has 23 heavy (non-hydrogen) atoms. The maximum Gasteiger partial charge on any atom is 0.191 e. The van der Waals surface area contributed by atoms with Gasteiger partial charge in [-0.2, -0.15) is 0 Å². The molecule has 1 rings (SSSR count). The Bertz CT molecular complexity index is 481. The first kappa shape index (κ1) is 20.2. The van der Waals surface area contributed by atoms with Crippen molar-refractivity contribution in [2.45, 2.75) is 45.3 Å². The van der Waals surface area contributed by atoms with E-state index in [0.717, 1.165) is 26.3 Å². The molecular formula is C15H32N4O3S. The Morgan fingerprint density at radius 2 is 2.13 bits per heavy atom. The zero-order chi connectivity index (χ0) is 17.5. The van der Waals surface area contributed by atoms with Crippen LogP contribution in [-0.4, -0.2) is 82.8 Å². The van der Waals surface area contributed by atoms with Gasteiger partial charge in [0, 0.05) is 44.5 Å². The molecule has 7 nitrogen and oxygen atoms in total. The summed E-state index contributed by atoms with van der Waals surface area (Å²) in [5.41, 5.74) is 0. The van der Waals surface area contributed by atoms with Crippen LogP contribution < -0.4 is 10.6 Å². The van der Waals surface area contributed by atoms with E-state index < -0.39 is 9.84 Å². The highest BCUT2D eigenvalue weighted by molar-refractivity contribution is 7.90. The molecule has 3 atom stereocenters. The zero-order valence-electron chi connectivity index (χ0n) is 15.0. The third-order valence-electron chi connectivity index (χ3n) is 4.08. The summed E-state index contributed by atoms with van der Waals surface area (Å²) in [7, 11) is -1.20. The zero-order valence-corrected chi connectivity index (χ0v) is 15.8. The highest BCUT2D eigenvalue weighted by atomic mass is 32.2. The summed E-state index contributed by atoms with van der Waals surface area (Å²) in [5.74, 6) is 0.888. The number of ether oxygens (including phenoxy) is 1. The minimum absolute atomic E-state index is 0.0496. The molecule has 0 spiro atoms. The average Bonchev–Trinajstić information content (AvgIpc) is 2.48. The van der Waals surface area contributed by atoms with Crippen LogP contribution in [-0.2, 0) is 14.6 Å². The molecule has 1 aliphatic rings. The van der Waals surface area contributed by atoms with E-state index in [0.29, 0.717) is 24.5 Å². The minimum atomic E-state index is -2.93. The minimum Gasteiger partial charge on any atom is -0.379 e. The number of nitrogens with one attached hydrogen (secondary N) is 2. The van der Waals surface area contributed by atoms with Gasteiger partial charge in [-0.05, 0) is 27.2 Å². The van der Waals surface area contributed by atoms with Crippen molar-refractivity contribution >= 4 is 15.8 Å². The van der Waals surface area contributed by atoms with Crippen molar-refractivity contribution in [1.29, 1.82) is 0 Å². The molecule has 0 saturated carbocycles. The van der Waals surface area contributed by atoms with E-state index >= 15 is 0 Å². The summed E-state index contributed by atoms with van der Waals surface area (Å²) in [6.07, 6.45) is 1.83. The molecule has 8 heteroatoms. The van der Waals surface area contributed by atoms with Crippen LogP contribution in [0.3, 0.4) is 0 Å². The standard InChI is InChI=1S/C15H32N4O3S/c1-12(6-9-23(5,20)21)18-15(16-4)17-10-13(2)19-7-8-22-11-14(19)3/h12-14H,6-11H2,1-5H3,(H2,16,17,18). The monoisotopic (exact) mass is 348 g/mol. The Labute approximate surface area is 140 Å². The van der Waals surface area contributed by atoms with Crippen molar-refractivity contribution in [2.24, 2.45) is 4.99 Å². The van der Waals surface area contributed by atoms with Crippen molar-refractivity contribution in [3.63, 3.8) is 0 Å². The summed E-state index contributed by atoms with van der Waals surface area (Å²) in [5, 5.41) is 6.56. The van der Waals surface area contributed by atoms with Crippen molar-refractivity contribution in [3.8, 4) is 0 Å². The van der Waals surface area contributed by atoms with Gasteiger partial charge < -0.3 is 15.4 Å². The third-order valence-corrected chi connectivity index (χ3v) is 5.06. The molecule has 0 aromatic rings. The number of nitrogens with zero attached hydrogens (tertiary/aromatic N) is 2. The van der Waals surface area contributed by atoms with Crippen LogP contribution >= 0.6 is 0 Å². The fourth-order valence-corrected chi connectivity index (χ4v) is 3.43. The molecule has 0 radical (unpaired) electrons. The number of sulfone groups is 1. The van der Waals surface area contributed by atoms with Crippen LogP contribution in [0.4, 0.5) is 0 Å². The quantitative estimate of drug-likeness (QED) is 0.501. The summed E-state index contributed by atoms with van der Waals surface area (Å²) < 4.78 is 27.9. The first-order valence-electron chi connectivity index (χ1n) is 8.21. The van der Waals surface area contributed by atoms with E-state index in [9.17, 15) is 8.42 Å². The smallest absolute Gasteiger partial charge is 0.191 e. The van der Waals surface area contributed by atoms with Gasteiger partial charge in [-0.25, -0.2) is 8.42 Å². The third kappa shape index (κ3) is 7.99. The molecule has 1 fully saturated rings. The molecule has 3 unspecified atom stereocenters. The van der Waals surface area contributed by atoms with Gasteiger partial charge in [0.2, 0.25) is 0 Å². The van der Waals surface area contributed by atoms with Crippen molar-refractivity contribution in [2.75, 3.05) is 45.4 Å². The van der Waals surface area contributed by atoms with Gasteiger partial charge in [-0.1, -0.05) is 0 Å². The first-order chi connectivity index (χ1) is 10.7. The molecule has 1 saturated heterocycles. The molecular weight excluding hydrogens is 316 g/mol. The lowest BCUT2D eigenvalue weighted by Crippen LogP contribution is -2.53. The second kappa shape index (κ2) is 9.44. The lowest BCUT2D eigenvalue weighted by atomic mass is 10.2. The van der Waals surface area contributed by atoms with E-state index in [1.165, 1.54) is 6.26 Å². The fraction of sp³-hybridized carbons (Fsp3) is 0.933. The van der Waals surface area contributed by atoms with Gasteiger partial charge in [-0.15, -0.1) is 0 Å². The van der Waals surface area contributed by atoms with Crippen LogP contribution in [0.15, 0.2) is 4.99 Å². The number of guanidine groups is 1. The van der Waals surface area contributed by atoms with Crippen LogP contribution in [0.2, 0.25) is 0 Å². The summed E-state index contributed by atoms with van der Waals surface area (Å²) in [4.78, 5) is 6.64. The number of hydrogen-bond donors (Lipinski definition) is 2. The van der Waals surface area contributed by atoms with E-state index in [1.807, 2.05) is 6.92 Å². The van der Waals surface area contributed by atoms with Crippen LogP contribution in [0.25, 0.3) is 0 Å². The maximum atomic E-state index is 11.2. The SMILES string of the molecule is CN=C(NCC(C)N1CCOCC1C)NC(C)CCS(C)(=O)=O. The molecule has 0 aliphatic carbocycles. The average molecular weight is 349 g/mol. The second-order valence-electron chi connectivity index (χ2n) is 6.43. The number of hydrogen-bond acceptors (Lipinski definition) is 5. The van der Waals surface area contributed by atoms with Gasteiger partial charge >= 0.3 is 0 Å². The Morgan fingerprint density at radius 3 is 2.70 bits per heavy atom. The summed E-state index contributed by atoms with van der Waals surface area (Å²) >= 11 is 0. The van der Waals surface area contributed by atoms with Gasteiger partial charge in [0.15, 0.2) is 5.96 Å². The fourth-order valence-electron chi connectivity index (χ4n) is 2.65. The Morgan fingerprint density at radius 1 is 1.43 bits per heavy atom. The van der Waals surface area contributed by atoms with Crippen molar-refractivity contribution in [3.05, 3.63) is 0 Å². The number of morpholine rings is 1. The predicted octanol–water partition coefficient (Wildman–Crippen LogP) is 0.0838. The molecule has 0 bridgehead atoms.